The number of halogens is 5. The predicted molar refractivity (Wildman–Crippen MR) is 62.4 cm³/mol. The molecule has 0 fully saturated rings. The second kappa shape index (κ2) is 6.79. The minimum Gasteiger partial charge on any atom is -0.466 e. The summed E-state index contributed by atoms with van der Waals surface area (Å²) in [7, 11) is 0. The Bertz CT molecular complexity index is 517. The van der Waals surface area contributed by atoms with Crippen LogP contribution in [0.15, 0.2) is 6.07 Å². The molecule has 0 atom stereocenters. The zero-order chi connectivity index (χ0) is 16.2. The number of hydrogen-bond acceptors (Lipinski definition) is 4. The summed E-state index contributed by atoms with van der Waals surface area (Å²) in [6.07, 6.45) is -8.72. The number of esters is 1. The van der Waals surface area contributed by atoms with Crippen LogP contribution in [-0.4, -0.2) is 17.6 Å². The van der Waals surface area contributed by atoms with Gasteiger partial charge in [-0.05, 0) is 18.6 Å². The number of ether oxygens (including phenoxy) is 1. The minimum atomic E-state index is -4.88. The lowest BCUT2D eigenvalue weighted by molar-refractivity contribution is -0.144. The molecule has 0 aliphatic carbocycles. The Kier molecular flexibility index (Phi) is 5.59. The van der Waals surface area contributed by atoms with Crippen LogP contribution >= 0.6 is 0 Å². The van der Waals surface area contributed by atoms with Crippen molar-refractivity contribution in [2.45, 2.75) is 32.5 Å². The van der Waals surface area contributed by atoms with Crippen LogP contribution in [0.1, 0.15) is 35.9 Å². The number of carbonyl (C=O) groups excluding carboxylic acids is 1. The van der Waals surface area contributed by atoms with Crippen LogP contribution in [0.2, 0.25) is 0 Å². The second-order valence-corrected chi connectivity index (χ2v) is 4.02. The molecule has 0 saturated carbocycles. The van der Waals surface area contributed by atoms with E-state index in [0.29, 0.717) is 6.07 Å². The third-order valence-electron chi connectivity index (χ3n) is 2.55. The quantitative estimate of drug-likeness (QED) is 0.670. The molecule has 0 unspecified atom stereocenters. The molecule has 9 heteroatoms. The normalized spacial score (nSPS) is 11.8. The first-order valence-corrected chi connectivity index (χ1v) is 5.94. The number of pyridine rings is 1. The highest BCUT2D eigenvalue weighted by Crippen LogP contribution is 2.34. The standard InChI is InChI=1S/C12H13F5N2O2/c1-2-21-9(20)4-6-3-7(11(13)14)8(5-18)19-10(6)12(15,16)17/h3,11H,2,4-5,18H2,1H3. The zero-order valence-corrected chi connectivity index (χ0v) is 11.0. The summed E-state index contributed by atoms with van der Waals surface area (Å²) in [4.78, 5) is 14.5. The van der Waals surface area contributed by atoms with Crippen molar-refractivity contribution >= 4 is 5.97 Å². The average Bonchev–Trinajstić information content (AvgIpc) is 2.37. The fourth-order valence-electron chi connectivity index (χ4n) is 1.71. The van der Waals surface area contributed by atoms with Gasteiger partial charge in [0.15, 0.2) is 0 Å². The zero-order valence-electron chi connectivity index (χ0n) is 11.0. The van der Waals surface area contributed by atoms with Crippen molar-refractivity contribution in [3.63, 3.8) is 0 Å². The maximum Gasteiger partial charge on any atom is 0.433 e. The lowest BCUT2D eigenvalue weighted by Crippen LogP contribution is -2.19. The second-order valence-electron chi connectivity index (χ2n) is 4.02. The molecule has 4 nitrogen and oxygen atoms in total. The SMILES string of the molecule is CCOC(=O)Cc1cc(C(F)F)c(CN)nc1C(F)(F)F. The van der Waals surface area contributed by atoms with Gasteiger partial charge in [0.25, 0.3) is 6.43 Å². The number of nitrogens with zero attached hydrogens (tertiary/aromatic N) is 1. The first kappa shape index (κ1) is 17.3. The molecule has 0 amide bonds. The summed E-state index contributed by atoms with van der Waals surface area (Å²) in [6, 6.07) is 0.611. The van der Waals surface area contributed by atoms with Gasteiger partial charge in [-0.1, -0.05) is 0 Å². The van der Waals surface area contributed by atoms with Crippen LogP contribution < -0.4 is 5.73 Å². The molecule has 118 valence electrons. The molecule has 2 N–H and O–H groups in total. The molecule has 0 aliphatic rings. The van der Waals surface area contributed by atoms with E-state index in [2.05, 4.69) is 9.72 Å². The first-order chi connectivity index (χ1) is 9.70. The van der Waals surface area contributed by atoms with Gasteiger partial charge in [0.1, 0.15) is 5.69 Å². The van der Waals surface area contributed by atoms with Crippen LogP contribution in [0, 0.1) is 0 Å². The van der Waals surface area contributed by atoms with Crippen molar-refractivity contribution in [3.05, 3.63) is 28.6 Å². The number of alkyl halides is 5. The maximum atomic E-state index is 12.9. The van der Waals surface area contributed by atoms with E-state index in [1.54, 1.807) is 0 Å². The van der Waals surface area contributed by atoms with Gasteiger partial charge in [-0.2, -0.15) is 13.2 Å². The molecule has 1 heterocycles. The molecule has 0 radical (unpaired) electrons. The van der Waals surface area contributed by atoms with Gasteiger partial charge < -0.3 is 10.5 Å². The van der Waals surface area contributed by atoms with Crippen LogP contribution in [-0.2, 0) is 28.7 Å². The Morgan fingerprint density at radius 2 is 2.05 bits per heavy atom. The summed E-state index contributed by atoms with van der Waals surface area (Å²) < 4.78 is 68.8. The van der Waals surface area contributed by atoms with Gasteiger partial charge in [0, 0.05) is 12.1 Å². The maximum absolute atomic E-state index is 12.9. The highest BCUT2D eigenvalue weighted by atomic mass is 19.4. The van der Waals surface area contributed by atoms with Crippen LogP contribution in [0.4, 0.5) is 22.0 Å². The third-order valence-corrected chi connectivity index (χ3v) is 2.55. The van der Waals surface area contributed by atoms with Crippen LogP contribution in [0.3, 0.4) is 0 Å². The van der Waals surface area contributed by atoms with Crippen molar-refractivity contribution in [2.75, 3.05) is 6.61 Å². The van der Waals surface area contributed by atoms with E-state index >= 15 is 0 Å². The largest absolute Gasteiger partial charge is 0.466 e. The van der Waals surface area contributed by atoms with Gasteiger partial charge in [-0.15, -0.1) is 0 Å². The van der Waals surface area contributed by atoms with Crippen LogP contribution in [0.5, 0.6) is 0 Å². The summed E-state index contributed by atoms with van der Waals surface area (Å²) >= 11 is 0. The van der Waals surface area contributed by atoms with Crippen molar-refractivity contribution < 1.29 is 31.5 Å². The van der Waals surface area contributed by atoms with Gasteiger partial charge in [0.2, 0.25) is 0 Å². The summed E-state index contributed by atoms with van der Waals surface area (Å²) in [5.41, 5.74) is 1.81. The molecule has 0 aromatic carbocycles. The number of hydrogen-bond donors (Lipinski definition) is 1. The van der Waals surface area contributed by atoms with E-state index in [9.17, 15) is 26.7 Å². The van der Waals surface area contributed by atoms with Crippen molar-refractivity contribution in [3.8, 4) is 0 Å². The van der Waals surface area contributed by atoms with E-state index in [4.69, 9.17) is 5.73 Å². The Morgan fingerprint density at radius 3 is 2.48 bits per heavy atom. The van der Waals surface area contributed by atoms with E-state index < -0.39 is 54.1 Å². The number of nitrogens with two attached hydrogens (primary N) is 1. The lowest BCUT2D eigenvalue weighted by atomic mass is 10.0. The molecular weight excluding hydrogens is 299 g/mol. The Labute approximate surface area is 117 Å². The van der Waals surface area contributed by atoms with Crippen molar-refractivity contribution in [1.29, 1.82) is 0 Å². The molecule has 0 bridgehead atoms. The summed E-state index contributed by atoms with van der Waals surface area (Å²) in [6.45, 7) is 0.877. The van der Waals surface area contributed by atoms with Crippen molar-refractivity contribution in [2.24, 2.45) is 5.73 Å². The molecule has 21 heavy (non-hydrogen) atoms. The predicted octanol–water partition coefficient (Wildman–Crippen LogP) is 2.60. The van der Waals surface area contributed by atoms with Crippen LogP contribution in [0.25, 0.3) is 0 Å². The monoisotopic (exact) mass is 312 g/mol. The fourth-order valence-corrected chi connectivity index (χ4v) is 1.71. The van der Waals surface area contributed by atoms with Gasteiger partial charge in [0.05, 0.1) is 18.7 Å². The van der Waals surface area contributed by atoms with Gasteiger partial charge in [-0.3, -0.25) is 4.79 Å². The smallest absolute Gasteiger partial charge is 0.433 e. The highest BCUT2D eigenvalue weighted by Gasteiger charge is 2.37. The van der Waals surface area contributed by atoms with E-state index in [-0.39, 0.29) is 6.61 Å². The first-order valence-electron chi connectivity index (χ1n) is 5.94. The number of rotatable bonds is 5. The Hall–Kier alpha value is -1.77. The summed E-state index contributed by atoms with van der Waals surface area (Å²) in [5.74, 6) is -0.953. The molecule has 0 aliphatic heterocycles. The average molecular weight is 312 g/mol. The highest BCUT2D eigenvalue weighted by molar-refractivity contribution is 5.73. The van der Waals surface area contributed by atoms with E-state index in [1.165, 1.54) is 6.92 Å². The lowest BCUT2D eigenvalue weighted by Gasteiger charge is -2.16. The molecule has 0 saturated heterocycles. The van der Waals surface area contributed by atoms with E-state index in [1.807, 2.05) is 0 Å². The topological polar surface area (TPSA) is 65.2 Å². The summed E-state index contributed by atoms with van der Waals surface area (Å²) in [5, 5.41) is 0. The third kappa shape index (κ3) is 4.35. The molecule has 1 rings (SSSR count). The van der Waals surface area contributed by atoms with Gasteiger partial charge in [-0.25, -0.2) is 13.8 Å². The Balaban J connectivity index is 3.36. The fraction of sp³-hybridized carbons (Fsp3) is 0.500. The number of carbonyl (C=O) groups is 1. The van der Waals surface area contributed by atoms with E-state index in [0.717, 1.165) is 0 Å². The Morgan fingerprint density at radius 1 is 1.43 bits per heavy atom. The minimum absolute atomic E-state index is 0.0315. The molecular formula is C12H13F5N2O2. The van der Waals surface area contributed by atoms with Gasteiger partial charge >= 0.3 is 12.1 Å². The number of aromatic nitrogens is 1. The van der Waals surface area contributed by atoms with Crippen molar-refractivity contribution in [1.82, 2.24) is 4.98 Å². The molecule has 1 aromatic heterocycles. The molecule has 1 aromatic rings. The molecule has 0 spiro atoms.